The quantitative estimate of drug-likeness (QED) is 0.755. The van der Waals surface area contributed by atoms with Crippen LogP contribution in [-0.2, 0) is 6.54 Å². The van der Waals surface area contributed by atoms with Gasteiger partial charge in [-0.1, -0.05) is 27.2 Å². The predicted molar refractivity (Wildman–Crippen MR) is 87.8 cm³/mol. The molecule has 3 heteroatoms. The molecule has 1 heterocycles. The standard InChI is InChI=1S/C18H30N2O/c1-4-10-19-13-15-11-17(14(2)3)20-18(12-15)21-16-8-6-5-7-9-16/h11-12,14,16,19H,4-10,13H2,1-3H3. The normalized spacial score (nSPS) is 16.4. The van der Waals surface area contributed by atoms with Gasteiger partial charge in [0, 0.05) is 18.3 Å². The highest BCUT2D eigenvalue weighted by Gasteiger charge is 2.16. The Morgan fingerprint density at radius 3 is 2.67 bits per heavy atom. The summed E-state index contributed by atoms with van der Waals surface area (Å²) in [6, 6.07) is 4.32. The van der Waals surface area contributed by atoms with E-state index in [0.29, 0.717) is 12.0 Å². The van der Waals surface area contributed by atoms with E-state index in [-0.39, 0.29) is 0 Å². The van der Waals surface area contributed by atoms with Crippen molar-refractivity contribution in [3.8, 4) is 5.88 Å². The van der Waals surface area contributed by atoms with Gasteiger partial charge >= 0.3 is 0 Å². The SMILES string of the molecule is CCCNCc1cc(OC2CCCCC2)nc(C(C)C)c1. The molecule has 21 heavy (non-hydrogen) atoms. The summed E-state index contributed by atoms with van der Waals surface area (Å²) >= 11 is 0. The van der Waals surface area contributed by atoms with Gasteiger partial charge in [-0.15, -0.1) is 0 Å². The van der Waals surface area contributed by atoms with Gasteiger partial charge in [0.2, 0.25) is 5.88 Å². The largest absolute Gasteiger partial charge is 0.474 e. The van der Waals surface area contributed by atoms with Crippen LogP contribution in [0.15, 0.2) is 12.1 Å². The van der Waals surface area contributed by atoms with E-state index in [9.17, 15) is 0 Å². The molecule has 1 aromatic heterocycles. The number of nitrogens with zero attached hydrogens (tertiary/aromatic N) is 1. The van der Waals surface area contributed by atoms with Crippen LogP contribution in [0, 0.1) is 0 Å². The maximum atomic E-state index is 6.15. The Hall–Kier alpha value is -1.09. The van der Waals surface area contributed by atoms with Gasteiger partial charge in [-0.2, -0.15) is 0 Å². The Morgan fingerprint density at radius 1 is 1.24 bits per heavy atom. The summed E-state index contributed by atoms with van der Waals surface area (Å²) in [6.07, 6.45) is 7.82. The second-order valence-corrected chi connectivity index (χ2v) is 6.45. The molecule has 1 fully saturated rings. The number of ether oxygens (including phenoxy) is 1. The fraction of sp³-hybridized carbons (Fsp3) is 0.722. The lowest BCUT2D eigenvalue weighted by molar-refractivity contribution is 0.148. The van der Waals surface area contributed by atoms with Crippen molar-refractivity contribution in [1.82, 2.24) is 10.3 Å². The van der Waals surface area contributed by atoms with Gasteiger partial charge in [0.05, 0.1) is 0 Å². The molecule has 0 atom stereocenters. The van der Waals surface area contributed by atoms with Crippen LogP contribution in [0.2, 0.25) is 0 Å². The van der Waals surface area contributed by atoms with E-state index >= 15 is 0 Å². The van der Waals surface area contributed by atoms with Crippen LogP contribution in [0.1, 0.15) is 76.5 Å². The summed E-state index contributed by atoms with van der Waals surface area (Å²) in [7, 11) is 0. The predicted octanol–water partition coefficient (Wildman–Crippen LogP) is 4.42. The Bertz CT molecular complexity index is 425. The molecule has 0 saturated heterocycles. The van der Waals surface area contributed by atoms with Crippen LogP contribution in [0.5, 0.6) is 5.88 Å². The molecule has 118 valence electrons. The summed E-state index contributed by atoms with van der Waals surface area (Å²) in [4.78, 5) is 4.71. The lowest BCUT2D eigenvalue weighted by Gasteiger charge is -2.23. The Morgan fingerprint density at radius 2 is 2.00 bits per heavy atom. The molecule has 1 N–H and O–H groups in total. The number of nitrogens with one attached hydrogen (secondary N) is 1. The van der Waals surface area contributed by atoms with E-state index in [1.807, 2.05) is 0 Å². The van der Waals surface area contributed by atoms with Crippen LogP contribution < -0.4 is 10.1 Å². The van der Waals surface area contributed by atoms with Crippen molar-refractivity contribution in [2.45, 2.75) is 77.9 Å². The van der Waals surface area contributed by atoms with Crippen molar-refractivity contribution in [2.24, 2.45) is 0 Å². The van der Waals surface area contributed by atoms with E-state index in [0.717, 1.165) is 31.1 Å². The fourth-order valence-electron chi connectivity index (χ4n) is 2.80. The van der Waals surface area contributed by atoms with Crippen LogP contribution in [0.25, 0.3) is 0 Å². The highest BCUT2D eigenvalue weighted by molar-refractivity contribution is 5.27. The van der Waals surface area contributed by atoms with Crippen LogP contribution in [-0.4, -0.2) is 17.6 Å². The first-order chi connectivity index (χ1) is 10.2. The van der Waals surface area contributed by atoms with E-state index in [1.165, 1.54) is 37.7 Å². The van der Waals surface area contributed by atoms with Crippen molar-refractivity contribution in [2.75, 3.05) is 6.54 Å². The first-order valence-corrected chi connectivity index (χ1v) is 8.57. The number of hydrogen-bond acceptors (Lipinski definition) is 3. The Kier molecular flexibility index (Phi) is 6.50. The van der Waals surface area contributed by atoms with Crippen LogP contribution >= 0.6 is 0 Å². The summed E-state index contributed by atoms with van der Waals surface area (Å²) in [5.41, 5.74) is 2.42. The highest BCUT2D eigenvalue weighted by atomic mass is 16.5. The maximum absolute atomic E-state index is 6.15. The summed E-state index contributed by atoms with van der Waals surface area (Å²) in [5.74, 6) is 1.26. The van der Waals surface area contributed by atoms with Gasteiger partial charge in [0.1, 0.15) is 6.10 Å². The lowest BCUT2D eigenvalue weighted by Crippen LogP contribution is -2.21. The van der Waals surface area contributed by atoms with E-state index in [2.05, 4.69) is 38.2 Å². The molecule has 1 aromatic rings. The minimum atomic E-state index is 0.366. The zero-order valence-electron chi connectivity index (χ0n) is 13.8. The Labute approximate surface area is 129 Å². The summed E-state index contributed by atoms with van der Waals surface area (Å²) < 4.78 is 6.15. The molecule has 3 nitrogen and oxygen atoms in total. The molecule has 0 unspecified atom stereocenters. The van der Waals surface area contributed by atoms with Gasteiger partial charge in [0.25, 0.3) is 0 Å². The van der Waals surface area contributed by atoms with E-state index in [4.69, 9.17) is 9.72 Å². The molecule has 0 spiro atoms. The van der Waals surface area contributed by atoms with Crippen molar-refractivity contribution in [3.63, 3.8) is 0 Å². The molecule has 0 radical (unpaired) electrons. The second kappa shape index (κ2) is 8.38. The number of pyridine rings is 1. The third-order valence-electron chi connectivity index (χ3n) is 4.07. The molecule has 1 aliphatic rings. The van der Waals surface area contributed by atoms with Crippen molar-refractivity contribution in [1.29, 1.82) is 0 Å². The van der Waals surface area contributed by atoms with Crippen LogP contribution in [0.3, 0.4) is 0 Å². The maximum Gasteiger partial charge on any atom is 0.214 e. The molecule has 0 aliphatic heterocycles. The molecule has 2 rings (SSSR count). The smallest absolute Gasteiger partial charge is 0.214 e. The zero-order valence-corrected chi connectivity index (χ0v) is 13.8. The van der Waals surface area contributed by atoms with Gasteiger partial charge in [-0.3, -0.25) is 0 Å². The number of hydrogen-bond donors (Lipinski definition) is 1. The third-order valence-corrected chi connectivity index (χ3v) is 4.07. The lowest BCUT2D eigenvalue weighted by atomic mass is 9.98. The Balaban J connectivity index is 2.06. The molecule has 1 saturated carbocycles. The minimum Gasteiger partial charge on any atom is -0.474 e. The number of aromatic nitrogens is 1. The molecular formula is C18H30N2O. The molecule has 0 bridgehead atoms. The van der Waals surface area contributed by atoms with Crippen molar-refractivity contribution >= 4 is 0 Å². The summed E-state index contributed by atoms with van der Waals surface area (Å²) in [5, 5.41) is 3.47. The molecule has 0 amide bonds. The zero-order chi connectivity index (χ0) is 15.1. The minimum absolute atomic E-state index is 0.366. The van der Waals surface area contributed by atoms with Gasteiger partial charge in [-0.05, 0) is 56.2 Å². The average molecular weight is 290 g/mol. The van der Waals surface area contributed by atoms with Crippen LogP contribution in [0.4, 0.5) is 0 Å². The fourth-order valence-corrected chi connectivity index (χ4v) is 2.80. The average Bonchev–Trinajstić information content (AvgIpc) is 2.48. The van der Waals surface area contributed by atoms with E-state index in [1.54, 1.807) is 0 Å². The van der Waals surface area contributed by atoms with Gasteiger partial charge in [0.15, 0.2) is 0 Å². The van der Waals surface area contributed by atoms with Gasteiger partial charge < -0.3 is 10.1 Å². The van der Waals surface area contributed by atoms with E-state index < -0.39 is 0 Å². The van der Waals surface area contributed by atoms with Gasteiger partial charge in [-0.25, -0.2) is 4.98 Å². The second-order valence-electron chi connectivity index (χ2n) is 6.45. The summed E-state index contributed by atoms with van der Waals surface area (Å²) in [6.45, 7) is 8.53. The molecular weight excluding hydrogens is 260 g/mol. The third kappa shape index (κ3) is 5.31. The molecule has 1 aliphatic carbocycles. The highest BCUT2D eigenvalue weighted by Crippen LogP contribution is 2.25. The molecule has 0 aromatic carbocycles. The topological polar surface area (TPSA) is 34.1 Å². The van der Waals surface area contributed by atoms with Crippen molar-refractivity contribution in [3.05, 3.63) is 23.4 Å². The van der Waals surface area contributed by atoms with Crippen molar-refractivity contribution < 1.29 is 4.74 Å². The monoisotopic (exact) mass is 290 g/mol. The first-order valence-electron chi connectivity index (χ1n) is 8.57. The first kappa shape index (κ1) is 16.3. The number of rotatable bonds is 7.